The summed E-state index contributed by atoms with van der Waals surface area (Å²) in [6, 6.07) is 12.7. The lowest BCUT2D eigenvalue weighted by atomic mass is 10.2. The highest BCUT2D eigenvalue weighted by Gasteiger charge is 2.19. The number of nitrogens with zero attached hydrogens (tertiary/aromatic N) is 3. The number of ether oxygens (including phenoxy) is 1. The summed E-state index contributed by atoms with van der Waals surface area (Å²) in [5, 5.41) is 7.10. The van der Waals surface area contributed by atoms with Crippen LogP contribution < -0.4 is 10.1 Å². The Hall–Kier alpha value is -3.59. The minimum Gasteiger partial charge on any atom is -0.496 e. The van der Waals surface area contributed by atoms with Crippen molar-refractivity contribution >= 4 is 22.4 Å². The molecule has 7 nitrogen and oxygen atoms in total. The van der Waals surface area contributed by atoms with E-state index in [1.165, 1.54) is 30.6 Å². The van der Waals surface area contributed by atoms with Gasteiger partial charge in [0, 0.05) is 5.56 Å². The zero-order valence-electron chi connectivity index (χ0n) is 15.5. The third kappa shape index (κ3) is 3.85. The van der Waals surface area contributed by atoms with Crippen LogP contribution in [0.15, 0.2) is 53.1 Å². The van der Waals surface area contributed by atoms with Gasteiger partial charge in [0.05, 0.1) is 18.4 Å². The Morgan fingerprint density at radius 2 is 1.90 bits per heavy atom. The minimum absolute atomic E-state index is 0.275. The summed E-state index contributed by atoms with van der Waals surface area (Å²) in [6.07, 6.45) is 0. The number of carbonyl (C=O) groups is 1. The van der Waals surface area contributed by atoms with Gasteiger partial charge in [-0.3, -0.25) is 10.1 Å². The molecule has 0 saturated carbocycles. The Labute approximate surface area is 169 Å². The summed E-state index contributed by atoms with van der Waals surface area (Å²) < 4.78 is 23.6. The second kappa shape index (κ2) is 7.80. The van der Waals surface area contributed by atoms with Crippen LogP contribution in [0.3, 0.4) is 0 Å². The number of methoxy groups -OCH3 is 1. The van der Waals surface area contributed by atoms with Gasteiger partial charge in [0.2, 0.25) is 5.82 Å². The second-order valence-corrected chi connectivity index (χ2v) is 7.02. The molecule has 2 aromatic carbocycles. The number of rotatable bonds is 5. The highest BCUT2D eigenvalue weighted by Crippen LogP contribution is 2.33. The monoisotopic (exact) mass is 410 g/mol. The Balaban J connectivity index is 1.57. The fourth-order valence-corrected chi connectivity index (χ4v) is 3.56. The summed E-state index contributed by atoms with van der Waals surface area (Å²) >= 11 is 1.22. The van der Waals surface area contributed by atoms with Gasteiger partial charge in [0.15, 0.2) is 5.13 Å². The molecule has 1 N–H and O–H groups in total. The highest BCUT2D eigenvalue weighted by atomic mass is 32.1. The third-order valence-corrected chi connectivity index (χ3v) is 5.15. The summed E-state index contributed by atoms with van der Waals surface area (Å²) in [4.78, 5) is 21.9. The average molecular weight is 410 g/mol. The van der Waals surface area contributed by atoms with Crippen molar-refractivity contribution in [3.8, 4) is 27.9 Å². The average Bonchev–Trinajstić information content (AvgIpc) is 3.35. The van der Waals surface area contributed by atoms with Gasteiger partial charge in [-0.2, -0.15) is 4.98 Å². The van der Waals surface area contributed by atoms with E-state index in [0.717, 1.165) is 0 Å². The van der Waals surface area contributed by atoms with Crippen molar-refractivity contribution in [3.05, 3.63) is 65.6 Å². The minimum atomic E-state index is -0.341. The number of thiazole rings is 1. The maximum atomic E-state index is 13.1. The molecule has 4 aromatic rings. The molecule has 0 spiro atoms. The van der Waals surface area contributed by atoms with E-state index in [1.807, 2.05) is 0 Å². The van der Waals surface area contributed by atoms with Crippen LogP contribution in [0.2, 0.25) is 0 Å². The van der Waals surface area contributed by atoms with Crippen LogP contribution in [0.5, 0.6) is 5.75 Å². The Morgan fingerprint density at radius 3 is 2.66 bits per heavy atom. The van der Waals surface area contributed by atoms with E-state index in [2.05, 4.69) is 20.4 Å². The van der Waals surface area contributed by atoms with Gasteiger partial charge >= 0.3 is 0 Å². The van der Waals surface area contributed by atoms with Crippen molar-refractivity contribution in [1.29, 1.82) is 0 Å². The van der Waals surface area contributed by atoms with Crippen LogP contribution in [-0.2, 0) is 0 Å². The second-order valence-electron chi connectivity index (χ2n) is 6.02. The van der Waals surface area contributed by atoms with Crippen LogP contribution in [0.1, 0.15) is 16.1 Å². The summed E-state index contributed by atoms with van der Waals surface area (Å²) in [6.45, 7) is 1.78. The summed E-state index contributed by atoms with van der Waals surface area (Å²) in [5.74, 6) is 0.412. The summed E-state index contributed by atoms with van der Waals surface area (Å²) in [7, 11) is 1.51. The van der Waals surface area contributed by atoms with Crippen molar-refractivity contribution in [2.45, 2.75) is 6.92 Å². The highest BCUT2D eigenvalue weighted by molar-refractivity contribution is 7.19. The fourth-order valence-electron chi connectivity index (χ4n) is 2.68. The molecule has 4 rings (SSSR count). The van der Waals surface area contributed by atoms with Crippen LogP contribution in [0.25, 0.3) is 22.2 Å². The van der Waals surface area contributed by atoms with Crippen molar-refractivity contribution in [2.24, 2.45) is 0 Å². The zero-order chi connectivity index (χ0) is 20.4. The molecule has 0 aliphatic carbocycles. The predicted molar refractivity (Wildman–Crippen MR) is 106 cm³/mol. The van der Waals surface area contributed by atoms with Crippen molar-refractivity contribution < 1.29 is 18.4 Å². The van der Waals surface area contributed by atoms with Gasteiger partial charge in [-0.15, -0.1) is 0 Å². The smallest absolute Gasteiger partial charge is 0.270 e. The number of benzene rings is 2. The van der Waals surface area contributed by atoms with E-state index in [9.17, 15) is 9.18 Å². The van der Waals surface area contributed by atoms with E-state index in [-0.39, 0.29) is 17.6 Å². The number of amides is 1. The van der Waals surface area contributed by atoms with E-state index in [1.54, 1.807) is 43.3 Å². The van der Waals surface area contributed by atoms with Gasteiger partial charge in [-0.1, -0.05) is 28.6 Å². The molecular formula is C20H15FN4O3S. The molecule has 0 radical (unpaired) electrons. The molecular weight excluding hydrogens is 395 g/mol. The molecule has 0 bridgehead atoms. The lowest BCUT2D eigenvalue weighted by molar-refractivity contribution is 0.102. The number of nitrogens with one attached hydrogen (secondary N) is 1. The molecule has 2 heterocycles. The summed E-state index contributed by atoms with van der Waals surface area (Å²) in [5.41, 5.74) is 1.67. The fraction of sp³-hybridized carbons (Fsp3) is 0.100. The van der Waals surface area contributed by atoms with Crippen LogP contribution in [0, 0.1) is 12.7 Å². The number of aromatic nitrogens is 3. The van der Waals surface area contributed by atoms with Crippen molar-refractivity contribution in [3.63, 3.8) is 0 Å². The first-order valence-corrected chi connectivity index (χ1v) is 9.38. The molecule has 1 amide bonds. The molecule has 146 valence electrons. The molecule has 29 heavy (non-hydrogen) atoms. The number of carbonyl (C=O) groups excluding carboxylic acids is 1. The van der Waals surface area contributed by atoms with Gasteiger partial charge in [0.25, 0.3) is 11.8 Å². The predicted octanol–water partition coefficient (Wildman–Crippen LogP) is 4.57. The van der Waals surface area contributed by atoms with Crippen molar-refractivity contribution in [2.75, 3.05) is 12.4 Å². The SMILES string of the molecule is COc1ccccc1C(=O)Nc1nc(C)c(-c2nc(-c3ccc(F)cc3)no2)s1. The molecule has 2 aromatic heterocycles. The van der Waals surface area contributed by atoms with Gasteiger partial charge in [-0.25, -0.2) is 9.37 Å². The Morgan fingerprint density at radius 1 is 1.14 bits per heavy atom. The number of hydrogen-bond acceptors (Lipinski definition) is 7. The molecule has 0 atom stereocenters. The zero-order valence-corrected chi connectivity index (χ0v) is 16.3. The van der Waals surface area contributed by atoms with E-state index in [0.29, 0.717) is 38.4 Å². The largest absolute Gasteiger partial charge is 0.496 e. The number of aryl methyl sites for hydroxylation is 1. The molecule has 0 fully saturated rings. The lowest BCUT2D eigenvalue weighted by Crippen LogP contribution is -2.12. The maximum absolute atomic E-state index is 13.1. The third-order valence-electron chi connectivity index (χ3n) is 4.09. The Bertz CT molecular complexity index is 1170. The van der Waals surface area contributed by atoms with Crippen LogP contribution in [0.4, 0.5) is 9.52 Å². The first kappa shape index (κ1) is 18.8. The van der Waals surface area contributed by atoms with Crippen molar-refractivity contribution in [1.82, 2.24) is 15.1 Å². The molecule has 0 unspecified atom stereocenters. The van der Waals surface area contributed by atoms with Crippen LogP contribution in [-0.4, -0.2) is 28.1 Å². The number of halogens is 1. The van der Waals surface area contributed by atoms with Gasteiger partial charge in [0.1, 0.15) is 16.4 Å². The first-order chi connectivity index (χ1) is 14.0. The maximum Gasteiger partial charge on any atom is 0.270 e. The quantitative estimate of drug-likeness (QED) is 0.518. The number of para-hydroxylation sites is 1. The van der Waals surface area contributed by atoms with E-state index in [4.69, 9.17) is 9.26 Å². The van der Waals surface area contributed by atoms with Crippen LogP contribution >= 0.6 is 11.3 Å². The molecule has 9 heteroatoms. The molecule has 0 aliphatic heterocycles. The van der Waals surface area contributed by atoms with Gasteiger partial charge < -0.3 is 9.26 Å². The van der Waals surface area contributed by atoms with E-state index < -0.39 is 0 Å². The normalized spacial score (nSPS) is 10.7. The molecule has 0 aliphatic rings. The first-order valence-electron chi connectivity index (χ1n) is 8.57. The number of hydrogen-bond donors (Lipinski definition) is 1. The van der Waals surface area contributed by atoms with E-state index >= 15 is 0 Å². The number of anilines is 1. The topological polar surface area (TPSA) is 90.1 Å². The lowest BCUT2D eigenvalue weighted by Gasteiger charge is -2.06. The Kier molecular flexibility index (Phi) is 5.05. The van der Waals surface area contributed by atoms with Gasteiger partial charge in [-0.05, 0) is 43.3 Å². The molecule has 0 saturated heterocycles. The standard InChI is InChI=1S/C20H15FN4O3S/c1-11-16(19-23-17(25-28-19)12-7-9-13(21)10-8-12)29-20(22-11)24-18(26)14-5-3-4-6-15(14)27-2/h3-10H,1-2H3,(H,22,24,26).